The number of benzene rings is 10. The second kappa shape index (κ2) is 13.8. The molecule has 13 aromatic rings. The van der Waals surface area contributed by atoms with E-state index in [4.69, 9.17) is 0 Å². The third-order valence-electron chi connectivity index (χ3n) is 12.7. The Balaban J connectivity index is 0.937. The van der Waals surface area contributed by atoms with Crippen molar-refractivity contribution in [2.24, 2.45) is 0 Å². The zero-order valence-corrected chi connectivity index (χ0v) is 34.4. The molecule has 0 spiro atoms. The van der Waals surface area contributed by atoms with Gasteiger partial charge in [-0.25, -0.2) is 0 Å². The molecule has 0 unspecified atom stereocenters. The molecule has 3 heterocycles. The van der Waals surface area contributed by atoms with E-state index in [1.54, 1.807) is 0 Å². The molecule has 0 aliphatic heterocycles. The first-order valence-electron chi connectivity index (χ1n) is 21.2. The van der Waals surface area contributed by atoms with Crippen LogP contribution in [0, 0.1) is 0 Å². The van der Waals surface area contributed by atoms with E-state index in [1.165, 1.54) is 91.4 Å². The number of rotatable bonds is 6. The molecule has 0 fully saturated rings. The lowest BCUT2D eigenvalue weighted by Crippen LogP contribution is -2.10. The fourth-order valence-electron chi connectivity index (χ4n) is 9.83. The molecule has 0 saturated heterocycles. The number of hydrogen-bond donors (Lipinski definition) is 0. The molecule has 0 bridgehead atoms. The summed E-state index contributed by atoms with van der Waals surface area (Å²) in [4.78, 5) is 2.45. The van der Waals surface area contributed by atoms with Crippen molar-refractivity contribution in [1.82, 2.24) is 9.13 Å². The lowest BCUT2D eigenvalue weighted by Gasteiger charge is -2.26. The number of nitrogens with zero attached hydrogens (tertiary/aromatic N) is 3. The summed E-state index contributed by atoms with van der Waals surface area (Å²) in [5, 5.41) is 10.1. The molecule has 13 rings (SSSR count). The molecular weight excluding hydrogens is 771 g/mol. The van der Waals surface area contributed by atoms with Gasteiger partial charge < -0.3 is 14.0 Å². The quantitative estimate of drug-likeness (QED) is 0.163. The van der Waals surface area contributed by atoms with Crippen molar-refractivity contribution in [1.29, 1.82) is 0 Å². The zero-order chi connectivity index (χ0) is 40.7. The smallest absolute Gasteiger partial charge is 0.0640 e. The van der Waals surface area contributed by atoms with Gasteiger partial charge in [0.05, 0.1) is 32.5 Å². The highest BCUT2D eigenvalue weighted by Gasteiger charge is 2.21. The average Bonchev–Trinajstić information content (AvgIpc) is 3.99. The van der Waals surface area contributed by atoms with E-state index < -0.39 is 0 Å². The topological polar surface area (TPSA) is 13.1 Å². The molecule has 0 N–H and O–H groups in total. The second-order valence-electron chi connectivity index (χ2n) is 16.1. The number of para-hydroxylation sites is 3. The number of fused-ring (bicyclic) bond motifs is 10. The van der Waals surface area contributed by atoms with E-state index in [2.05, 4.69) is 238 Å². The molecule has 3 aromatic heterocycles. The lowest BCUT2D eigenvalue weighted by atomic mass is 10.0. The molecule has 0 aliphatic rings. The summed E-state index contributed by atoms with van der Waals surface area (Å²) in [7, 11) is 0. The zero-order valence-electron chi connectivity index (χ0n) is 33.6. The Morgan fingerprint density at radius 2 is 0.855 bits per heavy atom. The van der Waals surface area contributed by atoms with Gasteiger partial charge in [-0.2, -0.15) is 0 Å². The van der Waals surface area contributed by atoms with E-state index >= 15 is 0 Å². The lowest BCUT2D eigenvalue weighted by molar-refractivity contribution is 1.18. The van der Waals surface area contributed by atoms with Gasteiger partial charge in [0.1, 0.15) is 0 Å². The Labute approximate surface area is 362 Å². The highest BCUT2D eigenvalue weighted by atomic mass is 32.1. The first-order chi connectivity index (χ1) is 30.7. The third kappa shape index (κ3) is 5.37. The van der Waals surface area contributed by atoms with Gasteiger partial charge in [-0.15, -0.1) is 11.3 Å². The number of anilines is 3. The van der Waals surface area contributed by atoms with Crippen LogP contribution in [0.3, 0.4) is 0 Å². The van der Waals surface area contributed by atoms with Gasteiger partial charge >= 0.3 is 0 Å². The standard InChI is InChI=1S/C58H37N3S/c1-2-15-42(16-3-1)60-52-21-9-7-18-47(52)51-37-45(33-34-54(51)60)59(55-23-12-20-49-48-19-8-11-24-57(48)62-58(49)55)43-29-25-38(26-30-43)39-27-31-44(32-28-39)61-53-22-10-6-17-46(53)50-35-40-13-4-5-14-41(40)36-56(50)61/h1-37H. The molecule has 290 valence electrons. The molecule has 0 radical (unpaired) electrons. The third-order valence-corrected chi connectivity index (χ3v) is 13.9. The number of aromatic nitrogens is 2. The van der Waals surface area contributed by atoms with Crippen molar-refractivity contribution in [3.8, 4) is 22.5 Å². The summed E-state index contributed by atoms with van der Waals surface area (Å²) in [6.07, 6.45) is 0. The van der Waals surface area contributed by atoms with Crippen molar-refractivity contribution in [2.45, 2.75) is 0 Å². The van der Waals surface area contributed by atoms with Gasteiger partial charge in [-0.3, -0.25) is 0 Å². The largest absolute Gasteiger partial charge is 0.309 e. The van der Waals surface area contributed by atoms with E-state index in [0.717, 1.165) is 22.7 Å². The average molecular weight is 808 g/mol. The maximum Gasteiger partial charge on any atom is 0.0640 e. The van der Waals surface area contributed by atoms with Crippen LogP contribution in [0.2, 0.25) is 0 Å². The van der Waals surface area contributed by atoms with Crippen LogP contribution in [0.25, 0.3) is 97.1 Å². The number of hydrogen-bond acceptors (Lipinski definition) is 2. The van der Waals surface area contributed by atoms with Crippen LogP contribution in [0.15, 0.2) is 224 Å². The molecule has 0 saturated carbocycles. The van der Waals surface area contributed by atoms with Gasteiger partial charge in [-0.1, -0.05) is 133 Å². The van der Waals surface area contributed by atoms with Gasteiger partial charge in [0.2, 0.25) is 0 Å². The Bertz CT molecular complexity index is 3850. The summed E-state index contributed by atoms with van der Waals surface area (Å²) in [5.74, 6) is 0. The van der Waals surface area contributed by atoms with Crippen LogP contribution in [-0.4, -0.2) is 9.13 Å². The highest BCUT2D eigenvalue weighted by molar-refractivity contribution is 7.26. The molecule has 0 amide bonds. The summed E-state index contributed by atoms with van der Waals surface area (Å²) >= 11 is 1.87. The minimum Gasteiger partial charge on any atom is -0.309 e. The monoisotopic (exact) mass is 807 g/mol. The van der Waals surface area contributed by atoms with Crippen molar-refractivity contribution >= 4 is 103 Å². The van der Waals surface area contributed by atoms with E-state index in [0.29, 0.717) is 0 Å². The molecule has 62 heavy (non-hydrogen) atoms. The Hall–Kier alpha value is -7.92. The van der Waals surface area contributed by atoms with E-state index in [9.17, 15) is 0 Å². The Kier molecular flexibility index (Phi) is 7.78. The Morgan fingerprint density at radius 1 is 0.323 bits per heavy atom. The van der Waals surface area contributed by atoms with Crippen LogP contribution < -0.4 is 4.90 Å². The van der Waals surface area contributed by atoms with Crippen molar-refractivity contribution in [3.05, 3.63) is 224 Å². The molecule has 0 atom stereocenters. The van der Waals surface area contributed by atoms with Gasteiger partial charge in [0, 0.05) is 59.8 Å². The summed E-state index contributed by atoms with van der Waals surface area (Å²) in [5.41, 5.74) is 12.9. The van der Waals surface area contributed by atoms with Crippen LogP contribution in [0.4, 0.5) is 17.1 Å². The summed E-state index contributed by atoms with van der Waals surface area (Å²) < 4.78 is 7.36. The maximum atomic E-state index is 2.45. The Morgan fingerprint density at radius 3 is 1.60 bits per heavy atom. The first-order valence-corrected chi connectivity index (χ1v) is 22.0. The predicted octanol–water partition coefficient (Wildman–Crippen LogP) is 16.5. The van der Waals surface area contributed by atoms with Crippen LogP contribution in [0.1, 0.15) is 0 Å². The van der Waals surface area contributed by atoms with E-state index in [1.807, 2.05) is 11.3 Å². The fraction of sp³-hybridized carbons (Fsp3) is 0. The van der Waals surface area contributed by atoms with Crippen LogP contribution in [-0.2, 0) is 0 Å². The van der Waals surface area contributed by atoms with Gasteiger partial charge in [0.15, 0.2) is 0 Å². The maximum absolute atomic E-state index is 2.45. The SMILES string of the molecule is c1ccc(-n2c3ccccc3c3cc(N(c4ccc(-c5ccc(-n6c7ccccc7c7cc8ccccc8cc76)cc5)cc4)c4cccc5c4sc4ccccc45)ccc32)cc1. The minimum atomic E-state index is 1.11. The van der Waals surface area contributed by atoms with Crippen molar-refractivity contribution < 1.29 is 0 Å². The van der Waals surface area contributed by atoms with Gasteiger partial charge in [-0.05, 0) is 113 Å². The fourth-order valence-corrected chi connectivity index (χ4v) is 11.0. The molecule has 4 heteroatoms. The first kappa shape index (κ1) is 34.9. The van der Waals surface area contributed by atoms with Crippen LogP contribution >= 0.6 is 11.3 Å². The van der Waals surface area contributed by atoms with E-state index in [-0.39, 0.29) is 0 Å². The summed E-state index contributed by atoms with van der Waals surface area (Å²) in [6.45, 7) is 0. The highest BCUT2D eigenvalue weighted by Crippen LogP contribution is 2.46. The summed E-state index contributed by atoms with van der Waals surface area (Å²) in [6, 6.07) is 82.2. The minimum absolute atomic E-state index is 1.11. The van der Waals surface area contributed by atoms with Crippen molar-refractivity contribution in [3.63, 3.8) is 0 Å². The second-order valence-corrected chi connectivity index (χ2v) is 17.2. The predicted molar refractivity (Wildman–Crippen MR) is 266 cm³/mol. The van der Waals surface area contributed by atoms with Gasteiger partial charge in [0.25, 0.3) is 0 Å². The van der Waals surface area contributed by atoms with Crippen LogP contribution in [0.5, 0.6) is 0 Å². The molecule has 0 aliphatic carbocycles. The van der Waals surface area contributed by atoms with Crippen molar-refractivity contribution in [2.75, 3.05) is 4.90 Å². The normalized spacial score (nSPS) is 11.9. The number of thiophene rings is 1. The molecule has 3 nitrogen and oxygen atoms in total. The molecule has 10 aromatic carbocycles. The molecular formula is C58H37N3S.